The SMILES string of the molecule is CCCCCCCCN(CCCCCCCC)CC(C)CCCCCC.Cl. The van der Waals surface area contributed by atoms with E-state index in [1.165, 1.54) is 129 Å². The molecule has 0 aliphatic rings. The van der Waals surface area contributed by atoms with Crippen LogP contribution in [0.25, 0.3) is 0 Å². The van der Waals surface area contributed by atoms with Gasteiger partial charge in [-0.05, 0) is 38.3 Å². The fourth-order valence-electron chi connectivity index (χ4n) is 3.98. The lowest BCUT2D eigenvalue weighted by atomic mass is 10.0. The van der Waals surface area contributed by atoms with E-state index < -0.39 is 0 Å². The van der Waals surface area contributed by atoms with Gasteiger partial charge in [0.05, 0.1) is 0 Å². The second kappa shape index (κ2) is 24.3. The number of unbranched alkanes of at least 4 members (excludes halogenated alkanes) is 13. The van der Waals surface area contributed by atoms with Crippen LogP contribution >= 0.6 is 12.4 Å². The Morgan fingerprint density at radius 1 is 0.519 bits per heavy atom. The quantitative estimate of drug-likeness (QED) is 0.173. The zero-order valence-corrected chi connectivity index (χ0v) is 20.4. The molecule has 1 nitrogen and oxygen atoms in total. The van der Waals surface area contributed by atoms with Gasteiger partial charge in [-0.25, -0.2) is 0 Å². The molecule has 0 heterocycles. The third kappa shape index (κ3) is 22.4. The Labute approximate surface area is 179 Å². The Balaban J connectivity index is 0. The number of rotatable bonds is 21. The highest BCUT2D eigenvalue weighted by molar-refractivity contribution is 5.85. The van der Waals surface area contributed by atoms with E-state index in [1.54, 1.807) is 0 Å². The van der Waals surface area contributed by atoms with Crippen molar-refractivity contribution in [1.29, 1.82) is 0 Å². The van der Waals surface area contributed by atoms with Gasteiger partial charge in [0.2, 0.25) is 0 Å². The molecule has 0 aromatic heterocycles. The van der Waals surface area contributed by atoms with Gasteiger partial charge in [-0.3, -0.25) is 0 Å². The average Bonchev–Trinajstić information content (AvgIpc) is 2.64. The van der Waals surface area contributed by atoms with E-state index >= 15 is 0 Å². The van der Waals surface area contributed by atoms with Gasteiger partial charge >= 0.3 is 0 Å². The molecule has 0 aliphatic carbocycles. The topological polar surface area (TPSA) is 3.24 Å². The van der Waals surface area contributed by atoms with Crippen LogP contribution in [0.4, 0.5) is 0 Å². The summed E-state index contributed by atoms with van der Waals surface area (Å²) >= 11 is 0. The molecule has 0 N–H and O–H groups in total. The van der Waals surface area contributed by atoms with Crippen LogP contribution in [-0.4, -0.2) is 24.5 Å². The largest absolute Gasteiger partial charge is 0.303 e. The molecule has 0 aliphatic heterocycles. The molecule has 0 aromatic rings. The van der Waals surface area contributed by atoms with Crippen LogP contribution < -0.4 is 0 Å². The minimum Gasteiger partial charge on any atom is -0.303 e. The fraction of sp³-hybridized carbons (Fsp3) is 1.00. The Kier molecular flexibility index (Phi) is 26.5. The Hall–Kier alpha value is 0.250. The minimum absolute atomic E-state index is 0. The highest BCUT2D eigenvalue weighted by Crippen LogP contribution is 2.14. The molecule has 0 spiro atoms. The first-order valence-corrected chi connectivity index (χ1v) is 12.5. The summed E-state index contributed by atoms with van der Waals surface area (Å²) in [5.74, 6) is 0.882. The van der Waals surface area contributed by atoms with Gasteiger partial charge in [-0.15, -0.1) is 12.4 Å². The summed E-state index contributed by atoms with van der Waals surface area (Å²) in [5, 5.41) is 0. The van der Waals surface area contributed by atoms with Gasteiger partial charge < -0.3 is 4.90 Å². The molecule has 2 heteroatoms. The maximum atomic E-state index is 2.81. The standard InChI is InChI=1S/C25H53N.ClH/c1-5-8-11-14-16-19-22-26(23-20-17-15-12-9-6-2)24-25(4)21-18-13-10-7-3;/h25H,5-24H2,1-4H3;1H. The summed E-state index contributed by atoms with van der Waals surface area (Å²) in [5.41, 5.74) is 0. The van der Waals surface area contributed by atoms with Crippen molar-refractivity contribution in [2.24, 2.45) is 5.92 Å². The monoisotopic (exact) mass is 403 g/mol. The zero-order chi connectivity index (χ0) is 19.3. The number of nitrogens with zero attached hydrogens (tertiary/aromatic N) is 1. The fourth-order valence-corrected chi connectivity index (χ4v) is 3.98. The lowest BCUT2D eigenvalue weighted by Gasteiger charge is -2.26. The van der Waals surface area contributed by atoms with Crippen molar-refractivity contribution in [2.75, 3.05) is 19.6 Å². The smallest absolute Gasteiger partial charge is 0.000702 e. The molecule has 0 radical (unpaired) electrons. The van der Waals surface area contributed by atoms with Crippen LogP contribution in [-0.2, 0) is 0 Å². The highest BCUT2D eigenvalue weighted by Gasteiger charge is 2.10. The second-order valence-corrected chi connectivity index (χ2v) is 8.79. The van der Waals surface area contributed by atoms with Crippen molar-refractivity contribution in [3.8, 4) is 0 Å². The summed E-state index contributed by atoms with van der Waals surface area (Å²) in [6.45, 7) is 13.5. The first-order valence-electron chi connectivity index (χ1n) is 12.5. The van der Waals surface area contributed by atoms with Crippen LogP contribution in [0.3, 0.4) is 0 Å². The van der Waals surface area contributed by atoms with Gasteiger partial charge in [0.25, 0.3) is 0 Å². The maximum absolute atomic E-state index is 2.81. The Morgan fingerprint density at radius 2 is 0.889 bits per heavy atom. The predicted octanol–water partition coefficient (Wildman–Crippen LogP) is 9.04. The summed E-state index contributed by atoms with van der Waals surface area (Å²) in [7, 11) is 0. The van der Waals surface area contributed by atoms with Gasteiger partial charge in [0.1, 0.15) is 0 Å². The Morgan fingerprint density at radius 3 is 1.33 bits per heavy atom. The van der Waals surface area contributed by atoms with E-state index in [0.29, 0.717) is 0 Å². The minimum atomic E-state index is 0. The third-order valence-electron chi connectivity index (χ3n) is 5.78. The van der Waals surface area contributed by atoms with E-state index in [2.05, 4.69) is 32.6 Å². The lowest BCUT2D eigenvalue weighted by molar-refractivity contribution is 0.220. The molecular weight excluding hydrogens is 350 g/mol. The number of hydrogen-bond donors (Lipinski definition) is 0. The molecule has 0 bridgehead atoms. The molecule has 27 heavy (non-hydrogen) atoms. The number of hydrogen-bond acceptors (Lipinski definition) is 1. The molecule has 166 valence electrons. The predicted molar refractivity (Wildman–Crippen MR) is 128 cm³/mol. The Bertz CT molecular complexity index is 241. The third-order valence-corrected chi connectivity index (χ3v) is 5.78. The van der Waals surface area contributed by atoms with Gasteiger partial charge in [-0.2, -0.15) is 0 Å². The van der Waals surface area contributed by atoms with Crippen molar-refractivity contribution < 1.29 is 0 Å². The summed E-state index contributed by atoms with van der Waals surface area (Å²) < 4.78 is 0. The molecule has 0 rings (SSSR count). The zero-order valence-electron chi connectivity index (χ0n) is 19.6. The molecule has 0 amide bonds. The lowest BCUT2D eigenvalue weighted by Crippen LogP contribution is -2.30. The highest BCUT2D eigenvalue weighted by atomic mass is 35.5. The normalized spacial score (nSPS) is 12.3. The number of halogens is 1. The van der Waals surface area contributed by atoms with E-state index in [-0.39, 0.29) is 12.4 Å². The molecule has 1 atom stereocenters. The molecule has 0 aromatic carbocycles. The molecule has 1 unspecified atom stereocenters. The maximum Gasteiger partial charge on any atom is 0.000702 e. The molecule has 0 saturated carbocycles. The van der Waals surface area contributed by atoms with Crippen LogP contribution in [0.15, 0.2) is 0 Å². The van der Waals surface area contributed by atoms with Gasteiger partial charge in [0, 0.05) is 6.54 Å². The average molecular weight is 404 g/mol. The van der Waals surface area contributed by atoms with E-state index in [1.807, 2.05) is 0 Å². The van der Waals surface area contributed by atoms with Crippen LogP contribution in [0.2, 0.25) is 0 Å². The van der Waals surface area contributed by atoms with Crippen molar-refractivity contribution in [2.45, 2.75) is 137 Å². The molecule has 0 fully saturated rings. The summed E-state index contributed by atoms with van der Waals surface area (Å²) in [4.78, 5) is 2.81. The molecule has 0 saturated heterocycles. The van der Waals surface area contributed by atoms with Crippen molar-refractivity contribution in [3.63, 3.8) is 0 Å². The van der Waals surface area contributed by atoms with E-state index in [4.69, 9.17) is 0 Å². The van der Waals surface area contributed by atoms with Gasteiger partial charge in [0.15, 0.2) is 0 Å². The summed E-state index contributed by atoms with van der Waals surface area (Å²) in [6, 6.07) is 0. The van der Waals surface area contributed by atoms with Crippen LogP contribution in [0.5, 0.6) is 0 Å². The van der Waals surface area contributed by atoms with Crippen molar-refractivity contribution in [3.05, 3.63) is 0 Å². The van der Waals surface area contributed by atoms with Crippen molar-refractivity contribution in [1.82, 2.24) is 4.90 Å². The van der Waals surface area contributed by atoms with Crippen LogP contribution in [0.1, 0.15) is 137 Å². The first kappa shape index (κ1) is 29.5. The van der Waals surface area contributed by atoms with Gasteiger partial charge in [-0.1, -0.05) is 118 Å². The molecular formula is C25H54ClN. The second-order valence-electron chi connectivity index (χ2n) is 8.79. The first-order chi connectivity index (χ1) is 12.7. The van der Waals surface area contributed by atoms with E-state index in [0.717, 1.165) is 5.92 Å². The van der Waals surface area contributed by atoms with Crippen molar-refractivity contribution >= 4 is 12.4 Å². The van der Waals surface area contributed by atoms with E-state index in [9.17, 15) is 0 Å². The van der Waals surface area contributed by atoms with Crippen LogP contribution in [0, 0.1) is 5.92 Å². The summed E-state index contributed by atoms with van der Waals surface area (Å²) in [6.07, 6.45) is 24.2.